The Morgan fingerprint density at radius 1 is 0.596 bits per heavy atom. The minimum atomic E-state index is -4.71. The van der Waals surface area contributed by atoms with Crippen LogP contribution in [-0.2, 0) is 37.5 Å². The number of esters is 2. The quantitative estimate of drug-likeness (QED) is 0.0237. The zero-order valence-corrected chi connectivity index (χ0v) is 33.5. The van der Waals surface area contributed by atoms with Gasteiger partial charge in [-0.1, -0.05) is 147 Å². The first-order chi connectivity index (χ1) is 25.1. The van der Waals surface area contributed by atoms with Gasteiger partial charge in [0.15, 0.2) is 6.10 Å². The van der Waals surface area contributed by atoms with E-state index < -0.39 is 51.1 Å². The van der Waals surface area contributed by atoms with Crippen molar-refractivity contribution in [2.45, 2.75) is 193 Å². The number of hydrogen-bond donors (Lipinski definition) is 3. The number of rotatable bonds is 38. The minimum Gasteiger partial charge on any atom is -0.480 e. The lowest BCUT2D eigenvalue weighted by molar-refractivity contribution is -0.161. The highest BCUT2D eigenvalue weighted by Crippen LogP contribution is 2.43. The van der Waals surface area contributed by atoms with E-state index in [1.807, 2.05) is 0 Å². The molecule has 0 aromatic rings. The van der Waals surface area contributed by atoms with Crippen LogP contribution in [0.3, 0.4) is 0 Å². The molecule has 0 aromatic heterocycles. The smallest absolute Gasteiger partial charge is 0.472 e. The number of hydrogen-bond acceptors (Lipinski definition) is 9. The van der Waals surface area contributed by atoms with Crippen LogP contribution in [0, 0.1) is 0 Å². The molecule has 0 bridgehead atoms. The molecule has 3 atom stereocenters. The van der Waals surface area contributed by atoms with E-state index in [9.17, 15) is 23.8 Å². The van der Waals surface area contributed by atoms with Crippen LogP contribution in [0.25, 0.3) is 0 Å². The van der Waals surface area contributed by atoms with E-state index in [1.165, 1.54) is 77.0 Å². The summed E-state index contributed by atoms with van der Waals surface area (Å²) < 4.78 is 32.6. The molecule has 0 saturated carbocycles. The first kappa shape index (κ1) is 50.0. The Kier molecular flexibility index (Phi) is 34.6. The van der Waals surface area contributed by atoms with Gasteiger partial charge in [0.05, 0.1) is 13.2 Å². The van der Waals surface area contributed by atoms with Gasteiger partial charge in [0, 0.05) is 12.8 Å². The third kappa shape index (κ3) is 35.0. The summed E-state index contributed by atoms with van der Waals surface area (Å²) in [5.41, 5.74) is 5.32. The van der Waals surface area contributed by atoms with Crippen molar-refractivity contribution in [3.8, 4) is 0 Å². The van der Waals surface area contributed by atoms with Crippen molar-refractivity contribution in [3.05, 3.63) is 24.3 Å². The fourth-order valence-electron chi connectivity index (χ4n) is 5.45. The average molecular weight is 760 g/mol. The van der Waals surface area contributed by atoms with Crippen LogP contribution in [0.15, 0.2) is 24.3 Å². The van der Waals surface area contributed by atoms with E-state index in [-0.39, 0.29) is 19.4 Å². The predicted molar refractivity (Wildman–Crippen MR) is 208 cm³/mol. The Hall–Kier alpha value is -2.04. The summed E-state index contributed by atoms with van der Waals surface area (Å²) in [6.45, 7) is 2.76. The van der Waals surface area contributed by atoms with Crippen LogP contribution in [0.1, 0.15) is 181 Å². The van der Waals surface area contributed by atoms with Crippen LogP contribution < -0.4 is 5.73 Å². The monoisotopic (exact) mass is 760 g/mol. The van der Waals surface area contributed by atoms with Gasteiger partial charge < -0.3 is 25.2 Å². The van der Waals surface area contributed by atoms with Crippen LogP contribution >= 0.6 is 7.82 Å². The Labute approximate surface area is 315 Å². The highest BCUT2D eigenvalue weighted by atomic mass is 31.2. The van der Waals surface area contributed by atoms with Gasteiger partial charge in [-0.25, -0.2) is 4.57 Å². The summed E-state index contributed by atoms with van der Waals surface area (Å²) in [6, 6.07) is -1.52. The number of carboxylic acids is 1. The molecule has 0 saturated heterocycles. The maximum Gasteiger partial charge on any atom is 0.472 e. The van der Waals surface area contributed by atoms with Crippen molar-refractivity contribution in [1.82, 2.24) is 0 Å². The van der Waals surface area contributed by atoms with E-state index in [0.29, 0.717) is 12.8 Å². The Balaban J connectivity index is 4.42. The van der Waals surface area contributed by atoms with E-state index in [1.54, 1.807) is 0 Å². The molecule has 11 nitrogen and oxygen atoms in total. The molecule has 0 fully saturated rings. The van der Waals surface area contributed by atoms with Crippen molar-refractivity contribution in [3.63, 3.8) is 0 Å². The molecule has 0 radical (unpaired) electrons. The van der Waals surface area contributed by atoms with Crippen molar-refractivity contribution in [2.24, 2.45) is 5.73 Å². The fourth-order valence-corrected chi connectivity index (χ4v) is 6.23. The van der Waals surface area contributed by atoms with Gasteiger partial charge in [0.25, 0.3) is 0 Å². The third-order valence-corrected chi connectivity index (χ3v) is 9.65. The molecule has 0 rings (SSSR count). The molecule has 304 valence electrons. The van der Waals surface area contributed by atoms with Crippen LogP contribution in [0.5, 0.6) is 0 Å². The molecule has 0 aliphatic rings. The number of nitrogens with two attached hydrogens (primary N) is 1. The van der Waals surface area contributed by atoms with Gasteiger partial charge >= 0.3 is 25.7 Å². The Morgan fingerprint density at radius 3 is 1.54 bits per heavy atom. The van der Waals surface area contributed by atoms with Crippen molar-refractivity contribution in [1.29, 1.82) is 0 Å². The largest absolute Gasteiger partial charge is 0.480 e. The SMILES string of the molecule is CCCCC/C=C\C/C=C\CCCCCCCC(=O)OC(COC(=O)CCCCCCCCCCCCCCC)COP(=O)(O)OC[C@H](N)C(=O)O. The van der Waals surface area contributed by atoms with Gasteiger partial charge in [0.2, 0.25) is 0 Å². The fraction of sp³-hybridized carbons (Fsp3) is 0.825. The number of phosphoric acid groups is 1. The van der Waals surface area contributed by atoms with Gasteiger partial charge in [-0.3, -0.25) is 23.4 Å². The number of carboxylic acid groups (broad SMARTS) is 1. The second kappa shape index (κ2) is 36.0. The zero-order valence-electron chi connectivity index (χ0n) is 32.7. The number of allylic oxidation sites excluding steroid dienone is 4. The summed E-state index contributed by atoms with van der Waals surface area (Å²) in [4.78, 5) is 45.8. The summed E-state index contributed by atoms with van der Waals surface area (Å²) in [5, 5.41) is 8.87. The van der Waals surface area contributed by atoms with E-state index in [0.717, 1.165) is 64.2 Å². The topological polar surface area (TPSA) is 172 Å². The number of ether oxygens (including phenoxy) is 2. The van der Waals surface area contributed by atoms with Crippen LogP contribution in [0.4, 0.5) is 0 Å². The van der Waals surface area contributed by atoms with E-state index in [4.69, 9.17) is 24.8 Å². The maximum atomic E-state index is 12.6. The first-order valence-electron chi connectivity index (χ1n) is 20.4. The molecule has 0 amide bonds. The van der Waals surface area contributed by atoms with Crippen LogP contribution in [-0.4, -0.2) is 59.9 Å². The molecule has 0 aliphatic heterocycles. The highest BCUT2D eigenvalue weighted by Gasteiger charge is 2.28. The lowest BCUT2D eigenvalue weighted by Gasteiger charge is -2.20. The molecule has 12 heteroatoms. The van der Waals surface area contributed by atoms with Gasteiger partial charge in [-0.2, -0.15) is 0 Å². The lowest BCUT2D eigenvalue weighted by Crippen LogP contribution is -2.34. The second-order valence-electron chi connectivity index (χ2n) is 13.8. The molecule has 52 heavy (non-hydrogen) atoms. The average Bonchev–Trinajstić information content (AvgIpc) is 3.12. The molecule has 4 N–H and O–H groups in total. The highest BCUT2D eigenvalue weighted by molar-refractivity contribution is 7.47. The van der Waals surface area contributed by atoms with Crippen molar-refractivity contribution < 1.29 is 47.5 Å². The number of carbonyl (C=O) groups is 3. The first-order valence-corrected chi connectivity index (χ1v) is 21.9. The number of unbranched alkanes of at least 4 members (excludes halogenated alkanes) is 20. The normalized spacial score (nSPS) is 14.1. The Morgan fingerprint density at radius 2 is 1.02 bits per heavy atom. The van der Waals surface area contributed by atoms with Crippen molar-refractivity contribution in [2.75, 3.05) is 19.8 Å². The van der Waals surface area contributed by atoms with Gasteiger partial charge in [0.1, 0.15) is 12.6 Å². The molecule has 2 unspecified atom stereocenters. The molecular weight excluding hydrogens is 685 g/mol. The molecule has 0 spiro atoms. The maximum absolute atomic E-state index is 12.6. The minimum absolute atomic E-state index is 0.147. The summed E-state index contributed by atoms with van der Waals surface area (Å²) in [6.07, 6.45) is 35.2. The third-order valence-electron chi connectivity index (χ3n) is 8.70. The molecule has 0 heterocycles. The summed E-state index contributed by atoms with van der Waals surface area (Å²) in [7, 11) is -4.71. The number of phosphoric ester groups is 1. The van der Waals surface area contributed by atoms with Gasteiger partial charge in [-0.15, -0.1) is 0 Å². The van der Waals surface area contributed by atoms with E-state index in [2.05, 4.69) is 42.7 Å². The van der Waals surface area contributed by atoms with Crippen LogP contribution in [0.2, 0.25) is 0 Å². The summed E-state index contributed by atoms with van der Waals surface area (Å²) >= 11 is 0. The zero-order chi connectivity index (χ0) is 38.5. The van der Waals surface area contributed by atoms with Gasteiger partial charge in [-0.05, 0) is 44.9 Å². The molecule has 0 aromatic carbocycles. The molecular formula is C40H74NO10P. The van der Waals surface area contributed by atoms with E-state index >= 15 is 0 Å². The number of aliphatic carboxylic acids is 1. The van der Waals surface area contributed by atoms with Crippen molar-refractivity contribution >= 4 is 25.7 Å². The second-order valence-corrected chi connectivity index (χ2v) is 15.2. The predicted octanol–water partition coefficient (Wildman–Crippen LogP) is 10.3. The molecule has 0 aliphatic carbocycles. The summed E-state index contributed by atoms with van der Waals surface area (Å²) in [5.74, 6) is -2.39. The number of carbonyl (C=O) groups excluding carboxylic acids is 2. The lowest BCUT2D eigenvalue weighted by atomic mass is 10.0. The standard InChI is InChI=1S/C40H74NO10P/c1-3-5-7-9-11-13-15-17-18-20-22-24-26-28-30-32-39(43)51-36(34-49-52(46,47)50-35-37(41)40(44)45)33-48-38(42)31-29-27-25-23-21-19-16-14-12-10-8-6-4-2/h11,13,17-18,36-37H,3-10,12,14-16,19-35,41H2,1-2H3,(H,44,45)(H,46,47)/b13-11-,18-17-/t36?,37-/m0/s1. The Bertz CT molecular complexity index is 989.